The van der Waals surface area contributed by atoms with Gasteiger partial charge >= 0.3 is 0 Å². The van der Waals surface area contributed by atoms with Crippen molar-refractivity contribution in [3.63, 3.8) is 0 Å². The predicted octanol–water partition coefficient (Wildman–Crippen LogP) is 1.59. The molecule has 0 aliphatic carbocycles. The Balaban J connectivity index is 2.02. The molecular formula is C12H13F3N2O. The van der Waals surface area contributed by atoms with Gasteiger partial charge in [-0.1, -0.05) is 0 Å². The van der Waals surface area contributed by atoms with Crippen molar-refractivity contribution in [2.75, 3.05) is 13.1 Å². The first kappa shape index (κ1) is 12.9. The van der Waals surface area contributed by atoms with Crippen LogP contribution in [0.1, 0.15) is 23.2 Å². The molecule has 2 N–H and O–H groups in total. The molecular weight excluding hydrogens is 245 g/mol. The number of benzene rings is 1. The number of nitrogens with one attached hydrogen (secondary N) is 2. The highest BCUT2D eigenvalue weighted by Crippen LogP contribution is 2.15. The molecule has 1 heterocycles. The van der Waals surface area contributed by atoms with Gasteiger partial charge in [0, 0.05) is 12.6 Å². The van der Waals surface area contributed by atoms with Crippen LogP contribution < -0.4 is 10.6 Å². The molecule has 1 aliphatic rings. The van der Waals surface area contributed by atoms with Crippen LogP contribution in [0, 0.1) is 17.5 Å². The minimum absolute atomic E-state index is 0.155. The van der Waals surface area contributed by atoms with Gasteiger partial charge in [0.15, 0.2) is 17.5 Å². The molecule has 2 rings (SSSR count). The lowest BCUT2D eigenvalue weighted by Crippen LogP contribution is -2.37. The average Bonchev–Trinajstić information content (AvgIpc) is 2.86. The van der Waals surface area contributed by atoms with E-state index < -0.39 is 28.9 Å². The molecule has 0 aromatic heterocycles. The van der Waals surface area contributed by atoms with Gasteiger partial charge in [0.2, 0.25) is 0 Å². The number of carbonyl (C=O) groups excluding carboxylic acids is 1. The summed E-state index contributed by atoms with van der Waals surface area (Å²) in [6, 6.07) is 1.83. The molecule has 0 saturated carbocycles. The molecule has 18 heavy (non-hydrogen) atoms. The Labute approximate surface area is 102 Å². The lowest BCUT2D eigenvalue weighted by Gasteiger charge is -2.12. The molecule has 1 aromatic rings. The summed E-state index contributed by atoms with van der Waals surface area (Å²) in [6.07, 6.45) is 1.96. The molecule has 1 amide bonds. The van der Waals surface area contributed by atoms with Gasteiger partial charge in [0.25, 0.3) is 5.91 Å². The van der Waals surface area contributed by atoms with E-state index in [1.54, 1.807) is 0 Å². The zero-order chi connectivity index (χ0) is 13.1. The van der Waals surface area contributed by atoms with Crippen molar-refractivity contribution in [2.45, 2.75) is 18.9 Å². The Hall–Kier alpha value is -1.56. The first-order valence-corrected chi connectivity index (χ1v) is 5.74. The second-order valence-electron chi connectivity index (χ2n) is 4.23. The Morgan fingerprint density at radius 2 is 2.11 bits per heavy atom. The Morgan fingerprint density at radius 3 is 2.78 bits per heavy atom. The highest BCUT2D eigenvalue weighted by atomic mass is 19.2. The van der Waals surface area contributed by atoms with E-state index in [1.165, 1.54) is 0 Å². The monoisotopic (exact) mass is 258 g/mol. The van der Waals surface area contributed by atoms with Crippen LogP contribution in [-0.4, -0.2) is 25.0 Å². The second kappa shape index (κ2) is 5.39. The number of rotatable bonds is 3. The van der Waals surface area contributed by atoms with E-state index in [0.29, 0.717) is 6.54 Å². The summed E-state index contributed by atoms with van der Waals surface area (Å²) in [5.41, 5.74) is -0.480. The second-order valence-corrected chi connectivity index (χ2v) is 4.23. The maximum Gasteiger partial charge on any atom is 0.254 e. The molecule has 0 radical (unpaired) electrons. The summed E-state index contributed by atoms with van der Waals surface area (Å²) in [5.74, 6) is -5.12. The van der Waals surface area contributed by atoms with Crippen LogP contribution in [0.4, 0.5) is 13.2 Å². The van der Waals surface area contributed by atoms with Crippen LogP contribution in [0.3, 0.4) is 0 Å². The Kier molecular flexibility index (Phi) is 3.86. The molecule has 1 unspecified atom stereocenters. The van der Waals surface area contributed by atoms with Crippen molar-refractivity contribution in [3.8, 4) is 0 Å². The van der Waals surface area contributed by atoms with E-state index >= 15 is 0 Å². The van der Waals surface area contributed by atoms with Crippen molar-refractivity contribution in [2.24, 2.45) is 0 Å². The van der Waals surface area contributed by atoms with Crippen LogP contribution in [0.25, 0.3) is 0 Å². The van der Waals surface area contributed by atoms with Gasteiger partial charge in [-0.05, 0) is 31.5 Å². The molecule has 6 heteroatoms. The Bertz CT molecular complexity index is 459. The molecule has 1 fully saturated rings. The SMILES string of the molecule is O=C(NCC1CCCN1)c1ccc(F)c(F)c1F. The quantitative estimate of drug-likeness (QED) is 0.808. The van der Waals surface area contributed by atoms with Crippen LogP contribution in [0.2, 0.25) is 0 Å². The predicted molar refractivity (Wildman–Crippen MR) is 59.7 cm³/mol. The number of hydrogen-bond acceptors (Lipinski definition) is 2. The molecule has 1 aliphatic heterocycles. The van der Waals surface area contributed by atoms with Gasteiger partial charge < -0.3 is 10.6 Å². The molecule has 1 atom stereocenters. The highest BCUT2D eigenvalue weighted by molar-refractivity contribution is 5.94. The normalized spacial score (nSPS) is 18.9. The van der Waals surface area contributed by atoms with E-state index in [-0.39, 0.29) is 6.04 Å². The van der Waals surface area contributed by atoms with E-state index in [0.717, 1.165) is 31.5 Å². The van der Waals surface area contributed by atoms with E-state index in [2.05, 4.69) is 10.6 Å². The summed E-state index contributed by atoms with van der Waals surface area (Å²) in [7, 11) is 0. The van der Waals surface area contributed by atoms with E-state index in [9.17, 15) is 18.0 Å². The first-order chi connectivity index (χ1) is 8.59. The molecule has 1 saturated heterocycles. The van der Waals surface area contributed by atoms with Gasteiger partial charge in [0.1, 0.15) is 0 Å². The fraction of sp³-hybridized carbons (Fsp3) is 0.417. The van der Waals surface area contributed by atoms with Crippen molar-refractivity contribution < 1.29 is 18.0 Å². The van der Waals surface area contributed by atoms with Crippen molar-refractivity contribution in [3.05, 3.63) is 35.1 Å². The third kappa shape index (κ3) is 2.64. The summed E-state index contributed by atoms with van der Waals surface area (Å²) in [6.45, 7) is 1.23. The van der Waals surface area contributed by atoms with Gasteiger partial charge in [-0.2, -0.15) is 0 Å². The summed E-state index contributed by atoms with van der Waals surface area (Å²) < 4.78 is 39.0. The van der Waals surface area contributed by atoms with Crippen LogP contribution in [0.5, 0.6) is 0 Å². The molecule has 98 valence electrons. The highest BCUT2D eigenvalue weighted by Gasteiger charge is 2.20. The fourth-order valence-corrected chi connectivity index (χ4v) is 1.94. The molecule has 0 bridgehead atoms. The maximum atomic E-state index is 13.3. The van der Waals surface area contributed by atoms with Crippen molar-refractivity contribution >= 4 is 5.91 Å². The summed E-state index contributed by atoms with van der Waals surface area (Å²) >= 11 is 0. The maximum absolute atomic E-state index is 13.3. The molecule has 3 nitrogen and oxygen atoms in total. The van der Waals surface area contributed by atoms with Gasteiger partial charge in [-0.15, -0.1) is 0 Å². The number of halogens is 3. The third-order valence-corrected chi connectivity index (χ3v) is 2.95. The average molecular weight is 258 g/mol. The van der Waals surface area contributed by atoms with Gasteiger partial charge in [0.05, 0.1) is 5.56 Å². The van der Waals surface area contributed by atoms with Crippen molar-refractivity contribution in [1.82, 2.24) is 10.6 Å². The fourth-order valence-electron chi connectivity index (χ4n) is 1.94. The lowest BCUT2D eigenvalue weighted by atomic mass is 10.1. The van der Waals surface area contributed by atoms with E-state index in [4.69, 9.17) is 0 Å². The minimum atomic E-state index is -1.62. The van der Waals surface area contributed by atoms with Crippen LogP contribution in [-0.2, 0) is 0 Å². The lowest BCUT2D eigenvalue weighted by molar-refractivity contribution is 0.0945. The first-order valence-electron chi connectivity index (χ1n) is 5.74. The van der Waals surface area contributed by atoms with E-state index in [1.807, 2.05) is 0 Å². The smallest absolute Gasteiger partial charge is 0.254 e. The zero-order valence-electron chi connectivity index (χ0n) is 9.60. The zero-order valence-corrected chi connectivity index (χ0v) is 9.60. The summed E-state index contributed by atoms with van der Waals surface area (Å²) in [4.78, 5) is 11.6. The third-order valence-electron chi connectivity index (χ3n) is 2.95. The standard InChI is InChI=1S/C12H13F3N2O/c13-9-4-3-8(10(14)11(9)15)12(18)17-6-7-2-1-5-16-7/h3-4,7,16H,1-2,5-6H2,(H,17,18). The summed E-state index contributed by atoms with van der Waals surface area (Å²) in [5, 5.41) is 5.65. The number of amides is 1. The van der Waals surface area contributed by atoms with Gasteiger partial charge in [-0.25, -0.2) is 13.2 Å². The van der Waals surface area contributed by atoms with Gasteiger partial charge in [-0.3, -0.25) is 4.79 Å². The molecule has 0 spiro atoms. The van der Waals surface area contributed by atoms with Crippen molar-refractivity contribution in [1.29, 1.82) is 0 Å². The van der Waals surface area contributed by atoms with Crippen LogP contribution in [0.15, 0.2) is 12.1 Å². The largest absolute Gasteiger partial charge is 0.350 e. The number of hydrogen-bond donors (Lipinski definition) is 2. The topological polar surface area (TPSA) is 41.1 Å². The van der Waals surface area contributed by atoms with Crippen LogP contribution >= 0.6 is 0 Å². The molecule has 1 aromatic carbocycles. The Morgan fingerprint density at radius 1 is 1.33 bits per heavy atom. The minimum Gasteiger partial charge on any atom is -0.350 e. The number of carbonyl (C=O) groups is 1.